The SMILES string of the molecule is CN(C)CCN(C)Cc1ccc(CN)cc1F. The van der Waals surface area contributed by atoms with Gasteiger partial charge in [-0.15, -0.1) is 0 Å². The molecule has 1 rings (SSSR count). The van der Waals surface area contributed by atoms with Crippen LogP contribution in [0.4, 0.5) is 4.39 Å². The topological polar surface area (TPSA) is 32.5 Å². The van der Waals surface area contributed by atoms with E-state index in [0.29, 0.717) is 13.1 Å². The summed E-state index contributed by atoms with van der Waals surface area (Å²) in [5, 5.41) is 0. The Labute approximate surface area is 103 Å². The van der Waals surface area contributed by atoms with Crippen molar-refractivity contribution in [1.29, 1.82) is 0 Å². The Morgan fingerprint density at radius 3 is 2.41 bits per heavy atom. The maximum atomic E-state index is 13.7. The molecule has 0 atom stereocenters. The number of nitrogens with zero attached hydrogens (tertiary/aromatic N) is 2. The molecule has 0 spiro atoms. The Kier molecular flexibility index (Phi) is 5.55. The average molecular weight is 239 g/mol. The lowest BCUT2D eigenvalue weighted by atomic mass is 10.1. The first-order valence-electron chi connectivity index (χ1n) is 5.83. The van der Waals surface area contributed by atoms with Crippen LogP contribution in [0.15, 0.2) is 18.2 Å². The Bertz CT molecular complexity index is 353. The summed E-state index contributed by atoms with van der Waals surface area (Å²) in [5.74, 6) is -0.162. The van der Waals surface area contributed by atoms with Gasteiger partial charge in [-0.3, -0.25) is 0 Å². The largest absolute Gasteiger partial charge is 0.326 e. The van der Waals surface area contributed by atoms with Crippen LogP contribution in [-0.2, 0) is 13.1 Å². The number of hydrogen-bond acceptors (Lipinski definition) is 3. The normalized spacial score (nSPS) is 11.5. The molecular weight excluding hydrogens is 217 g/mol. The van der Waals surface area contributed by atoms with E-state index in [1.807, 2.05) is 33.3 Å². The standard InChI is InChI=1S/C13H22FN3/c1-16(2)6-7-17(3)10-12-5-4-11(9-15)8-13(12)14/h4-5,8H,6-7,9-10,15H2,1-3H3. The zero-order valence-electron chi connectivity index (χ0n) is 10.9. The number of nitrogens with two attached hydrogens (primary N) is 1. The Balaban J connectivity index is 2.56. The summed E-state index contributed by atoms with van der Waals surface area (Å²) in [6.07, 6.45) is 0. The quantitative estimate of drug-likeness (QED) is 0.811. The maximum absolute atomic E-state index is 13.7. The number of likely N-dealkylation sites (N-methyl/N-ethyl adjacent to an activating group) is 2. The zero-order chi connectivity index (χ0) is 12.8. The molecule has 0 saturated carbocycles. The fourth-order valence-corrected chi connectivity index (χ4v) is 1.59. The summed E-state index contributed by atoms with van der Waals surface area (Å²) in [4.78, 5) is 4.23. The van der Waals surface area contributed by atoms with Crippen molar-refractivity contribution >= 4 is 0 Å². The zero-order valence-corrected chi connectivity index (χ0v) is 10.9. The number of hydrogen-bond donors (Lipinski definition) is 1. The minimum atomic E-state index is -0.162. The van der Waals surface area contributed by atoms with Gasteiger partial charge in [-0.25, -0.2) is 4.39 Å². The van der Waals surface area contributed by atoms with Gasteiger partial charge in [0.05, 0.1) is 0 Å². The molecule has 0 saturated heterocycles. The number of halogens is 1. The fourth-order valence-electron chi connectivity index (χ4n) is 1.59. The first-order chi connectivity index (χ1) is 8.02. The van der Waals surface area contributed by atoms with Crippen LogP contribution < -0.4 is 5.73 Å². The van der Waals surface area contributed by atoms with Crippen LogP contribution in [-0.4, -0.2) is 44.0 Å². The lowest BCUT2D eigenvalue weighted by Gasteiger charge is -2.19. The molecule has 0 fully saturated rings. The van der Waals surface area contributed by atoms with Gasteiger partial charge in [-0.2, -0.15) is 0 Å². The first kappa shape index (κ1) is 14.1. The minimum Gasteiger partial charge on any atom is -0.326 e. The van der Waals surface area contributed by atoms with Gasteiger partial charge in [0.1, 0.15) is 5.82 Å². The Morgan fingerprint density at radius 2 is 1.88 bits per heavy atom. The summed E-state index contributed by atoms with van der Waals surface area (Å²) >= 11 is 0. The van der Waals surface area contributed by atoms with Crippen molar-refractivity contribution in [2.24, 2.45) is 5.73 Å². The van der Waals surface area contributed by atoms with Gasteiger partial charge >= 0.3 is 0 Å². The third kappa shape index (κ3) is 4.81. The molecule has 4 heteroatoms. The smallest absolute Gasteiger partial charge is 0.128 e. The van der Waals surface area contributed by atoms with Gasteiger partial charge in [0.15, 0.2) is 0 Å². The van der Waals surface area contributed by atoms with E-state index in [0.717, 1.165) is 24.2 Å². The predicted octanol–water partition coefficient (Wildman–Crippen LogP) is 1.28. The molecule has 2 N–H and O–H groups in total. The second-order valence-corrected chi connectivity index (χ2v) is 4.67. The second kappa shape index (κ2) is 6.69. The summed E-state index contributed by atoms with van der Waals surface area (Å²) in [5.41, 5.74) is 7.03. The van der Waals surface area contributed by atoms with Crippen LogP contribution in [0.25, 0.3) is 0 Å². The molecule has 0 radical (unpaired) electrons. The third-order valence-corrected chi connectivity index (χ3v) is 2.72. The molecule has 0 unspecified atom stereocenters. The molecule has 96 valence electrons. The van der Waals surface area contributed by atoms with Crippen molar-refractivity contribution in [3.05, 3.63) is 35.1 Å². The van der Waals surface area contributed by atoms with Crippen molar-refractivity contribution in [1.82, 2.24) is 9.80 Å². The lowest BCUT2D eigenvalue weighted by Crippen LogP contribution is -2.28. The molecule has 0 amide bonds. The summed E-state index contributed by atoms with van der Waals surface area (Å²) in [6.45, 7) is 2.91. The Morgan fingerprint density at radius 1 is 1.18 bits per heavy atom. The summed E-state index contributed by atoms with van der Waals surface area (Å²) in [7, 11) is 6.06. The average Bonchev–Trinajstić information content (AvgIpc) is 2.29. The van der Waals surface area contributed by atoms with Crippen LogP contribution in [0.3, 0.4) is 0 Å². The van der Waals surface area contributed by atoms with E-state index in [2.05, 4.69) is 9.80 Å². The Hall–Kier alpha value is -0.970. The molecule has 0 aliphatic rings. The highest BCUT2D eigenvalue weighted by Crippen LogP contribution is 2.12. The number of rotatable bonds is 6. The van der Waals surface area contributed by atoms with Gasteiger partial charge < -0.3 is 15.5 Å². The molecule has 0 heterocycles. The minimum absolute atomic E-state index is 0.162. The van der Waals surface area contributed by atoms with Gasteiger partial charge in [-0.1, -0.05) is 12.1 Å². The van der Waals surface area contributed by atoms with Crippen molar-refractivity contribution in [3.8, 4) is 0 Å². The molecule has 17 heavy (non-hydrogen) atoms. The van der Waals surface area contributed by atoms with E-state index in [9.17, 15) is 4.39 Å². The summed E-state index contributed by atoms with van der Waals surface area (Å²) in [6, 6.07) is 5.23. The van der Waals surface area contributed by atoms with Crippen LogP contribution in [0.2, 0.25) is 0 Å². The molecule has 1 aromatic carbocycles. The van der Waals surface area contributed by atoms with Gasteiger partial charge in [-0.05, 0) is 32.8 Å². The summed E-state index contributed by atoms with van der Waals surface area (Å²) < 4.78 is 13.7. The van der Waals surface area contributed by atoms with E-state index in [1.165, 1.54) is 6.07 Å². The third-order valence-electron chi connectivity index (χ3n) is 2.72. The van der Waals surface area contributed by atoms with Gasteiger partial charge in [0.2, 0.25) is 0 Å². The molecule has 3 nitrogen and oxygen atoms in total. The second-order valence-electron chi connectivity index (χ2n) is 4.67. The van der Waals surface area contributed by atoms with Crippen LogP contribution >= 0.6 is 0 Å². The highest BCUT2D eigenvalue weighted by molar-refractivity contribution is 5.24. The lowest BCUT2D eigenvalue weighted by molar-refractivity contribution is 0.273. The molecule has 1 aromatic rings. The highest BCUT2D eigenvalue weighted by Gasteiger charge is 2.06. The van der Waals surface area contributed by atoms with E-state index < -0.39 is 0 Å². The highest BCUT2D eigenvalue weighted by atomic mass is 19.1. The molecular formula is C13H22FN3. The molecule has 0 bridgehead atoms. The van der Waals surface area contributed by atoms with E-state index >= 15 is 0 Å². The monoisotopic (exact) mass is 239 g/mol. The molecule has 0 aliphatic carbocycles. The first-order valence-corrected chi connectivity index (χ1v) is 5.83. The van der Waals surface area contributed by atoms with Crippen molar-refractivity contribution in [2.45, 2.75) is 13.1 Å². The van der Waals surface area contributed by atoms with Crippen molar-refractivity contribution in [2.75, 3.05) is 34.2 Å². The van der Waals surface area contributed by atoms with Gasteiger partial charge in [0.25, 0.3) is 0 Å². The number of benzene rings is 1. The molecule has 0 aromatic heterocycles. The predicted molar refractivity (Wildman–Crippen MR) is 69.2 cm³/mol. The van der Waals surface area contributed by atoms with Crippen molar-refractivity contribution < 1.29 is 4.39 Å². The maximum Gasteiger partial charge on any atom is 0.128 e. The van der Waals surface area contributed by atoms with Crippen molar-refractivity contribution in [3.63, 3.8) is 0 Å². The van der Waals surface area contributed by atoms with E-state index in [-0.39, 0.29) is 5.82 Å². The fraction of sp³-hybridized carbons (Fsp3) is 0.538. The van der Waals surface area contributed by atoms with E-state index in [4.69, 9.17) is 5.73 Å². The van der Waals surface area contributed by atoms with Crippen LogP contribution in [0.5, 0.6) is 0 Å². The van der Waals surface area contributed by atoms with Crippen LogP contribution in [0.1, 0.15) is 11.1 Å². The van der Waals surface area contributed by atoms with Gasteiger partial charge in [0, 0.05) is 31.7 Å². The van der Waals surface area contributed by atoms with E-state index in [1.54, 1.807) is 0 Å². The molecule has 0 aliphatic heterocycles. The van der Waals surface area contributed by atoms with Crippen LogP contribution in [0, 0.1) is 5.82 Å².